The number of hydrogen-bond acceptors (Lipinski definition) is 3. The van der Waals surface area contributed by atoms with Gasteiger partial charge in [-0.3, -0.25) is 4.79 Å². The van der Waals surface area contributed by atoms with Crippen LogP contribution in [0.2, 0.25) is 0 Å². The highest BCUT2D eigenvalue weighted by Crippen LogP contribution is 2.29. The smallest absolute Gasteiger partial charge is 0.250 e. The largest absolute Gasteiger partial charge is 0.495 e. The molecule has 0 saturated heterocycles. The van der Waals surface area contributed by atoms with Gasteiger partial charge in [-0.2, -0.15) is 0 Å². The van der Waals surface area contributed by atoms with Crippen LogP contribution < -0.4 is 15.6 Å². The number of hydrogen-bond donors (Lipinski definition) is 1. The van der Waals surface area contributed by atoms with Crippen molar-refractivity contribution in [1.82, 2.24) is 4.57 Å². The fourth-order valence-corrected chi connectivity index (χ4v) is 1.84. The Bertz CT molecular complexity index is 617. The molecule has 18 heavy (non-hydrogen) atoms. The van der Waals surface area contributed by atoms with E-state index in [2.05, 4.69) is 5.32 Å². The summed E-state index contributed by atoms with van der Waals surface area (Å²) in [5.41, 5.74) is 2.92. The van der Waals surface area contributed by atoms with Crippen LogP contribution in [-0.4, -0.2) is 18.7 Å². The summed E-state index contributed by atoms with van der Waals surface area (Å²) in [6.07, 6.45) is 1.82. The average Bonchev–Trinajstić information content (AvgIpc) is 2.41. The quantitative estimate of drug-likeness (QED) is 0.899. The zero-order valence-corrected chi connectivity index (χ0v) is 10.7. The maximum absolute atomic E-state index is 11.4. The normalized spacial score (nSPS) is 10.2. The second kappa shape index (κ2) is 4.96. The van der Waals surface area contributed by atoms with E-state index in [1.54, 1.807) is 24.8 Å². The minimum atomic E-state index is -0.0161. The fourth-order valence-electron chi connectivity index (χ4n) is 1.84. The maximum atomic E-state index is 11.4. The molecule has 0 saturated carbocycles. The van der Waals surface area contributed by atoms with Gasteiger partial charge in [0.25, 0.3) is 0 Å². The van der Waals surface area contributed by atoms with Crippen LogP contribution in [-0.2, 0) is 7.05 Å². The Morgan fingerprint density at radius 1 is 1.17 bits per heavy atom. The Kier molecular flexibility index (Phi) is 3.37. The van der Waals surface area contributed by atoms with E-state index < -0.39 is 0 Å². The van der Waals surface area contributed by atoms with Gasteiger partial charge in [0.15, 0.2) is 0 Å². The molecule has 0 fully saturated rings. The molecule has 0 spiro atoms. The number of aryl methyl sites for hydroxylation is 1. The Balaban J connectivity index is 2.50. The molecule has 1 aromatic heterocycles. The molecular formula is C14H16N2O2. The molecule has 0 aliphatic carbocycles. The first-order chi connectivity index (χ1) is 8.65. The van der Waals surface area contributed by atoms with Crippen LogP contribution >= 0.6 is 0 Å². The van der Waals surface area contributed by atoms with Gasteiger partial charge in [0.2, 0.25) is 5.56 Å². The van der Waals surface area contributed by atoms with Crippen LogP contribution in [0.25, 0.3) is 11.1 Å². The third kappa shape index (κ3) is 2.22. The van der Waals surface area contributed by atoms with E-state index in [0.717, 1.165) is 22.6 Å². The lowest BCUT2D eigenvalue weighted by atomic mass is 10.1. The van der Waals surface area contributed by atoms with Crippen LogP contribution in [0.15, 0.2) is 41.3 Å². The summed E-state index contributed by atoms with van der Waals surface area (Å²) >= 11 is 0. The monoisotopic (exact) mass is 244 g/mol. The second-order valence-corrected chi connectivity index (χ2v) is 4.03. The summed E-state index contributed by atoms with van der Waals surface area (Å²) in [6.45, 7) is 0. The molecule has 1 aromatic carbocycles. The van der Waals surface area contributed by atoms with Crippen molar-refractivity contribution < 1.29 is 4.74 Å². The summed E-state index contributed by atoms with van der Waals surface area (Å²) in [5, 5.41) is 3.07. The van der Waals surface area contributed by atoms with Crippen molar-refractivity contribution in [3.8, 4) is 16.9 Å². The number of methoxy groups -OCH3 is 1. The summed E-state index contributed by atoms with van der Waals surface area (Å²) in [5.74, 6) is 0.781. The Hall–Kier alpha value is -2.23. The van der Waals surface area contributed by atoms with Crippen molar-refractivity contribution in [1.29, 1.82) is 0 Å². The van der Waals surface area contributed by atoms with Crippen molar-refractivity contribution in [3.63, 3.8) is 0 Å². The highest BCUT2D eigenvalue weighted by atomic mass is 16.5. The second-order valence-electron chi connectivity index (χ2n) is 4.03. The number of benzene rings is 1. The van der Waals surface area contributed by atoms with Crippen LogP contribution in [0.5, 0.6) is 5.75 Å². The molecule has 0 aliphatic heterocycles. The molecule has 0 bridgehead atoms. The summed E-state index contributed by atoms with van der Waals surface area (Å²) in [4.78, 5) is 11.4. The molecule has 94 valence electrons. The van der Waals surface area contributed by atoms with E-state index in [4.69, 9.17) is 4.74 Å². The van der Waals surface area contributed by atoms with Gasteiger partial charge in [-0.15, -0.1) is 0 Å². The summed E-state index contributed by atoms with van der Waals surface area (Å²) in [7, 11) is 5.23. The fraction of sp³-hybridized carbons (Fsp3) is 0.214. The zero-order chi connectivity index (χ0) is 13.1. The van der Waals surface area contributed by atoms with Gasteiger partial charge in [-0.25, -0.2) is 0 Å². The minimum absolute atomic E-state index is 0.0161. The highest BCUT2D eigenvalue weighted by molar-refractivity contribution is 5.70. The van der Waals surface area contributed by atoms with Crippen LogP contribution in [0, 0.1) is 0 Å². The number of aromatic nitrogens is 1. The molecule has 0 radical (unpaired) electrons. The number of rotatable bonds is 3. The van der Waals surface area contributed by atoms with Crippen molar-refractivity contribution in [3.05, 3.63) is 46.9 Å². The molecular weight excluding hydrogens is 228 g/mol. The predicted octanol–water partition coefficient (Wildman–Crippen LogP) is 2.10. The molecule has 4 nitrogen and oxygen atoms in total. The zero-order valence-electron chi connectivity index (χ0n) is 10.7. The Morgan fingerprint density at radius 3 is 2.50 bits per heavy atom. The van der Waals surface area contributed by atoms with Gasteiger partial charge in [0, 0.05) is 26.4 Å². The number of nitrogens with one attached hydrogen (secondary N) is 1. The molecule has 0 aliphatic rings. The van der Waals surface area contributed by atoms with E-state index >= 15 is 0 Å². The summed E-state index contributed by atoms with van der Waals surface area (Å²) in [6, 6.07) is 9.28. The lowest BCUT2D eigenvalue weighted by Crippen LogP contribution is -2.13. The van der Waals surface area contributed by atoms with Gasteiger partial charge in [0.05, 0.1) is 12.8 Å². The number of anilines is 1. The van der Waals surface area contributed by atoms with Gasteiger partial charge in [-0.1, -0.05) is 6.07 Å². The van der Waals surface area contributed by atoms with E-state index in [1.165, 1.54) is 0 Å². The highest BCUT2D eigenvalue weighted by Gasteiger charge is 2.05. The molecule has 1 N–H and O–H groups in total. The molecule has 2 rings (SSSR count). The topological polar surface area (TPSA) is 43.3 Å². The lowest BCUT2D eigenvalue weighted by molar-refractivity contribution is 0.417. The van der Waals surface area contributed by atoms with Crippen molar-refractivity contribution in [2.75, 3.05) is 19.5 Å². The van der Waals surface area contributed by atoms with Gasteiger partial charge >= 0.3 is 0 Å². The maximum Gasteiger partial charge on any atom is 0.250 e. The van der Waals surface area contributed by atoms with Crippen molar-refractivity contribution >= 4 is 5.69 Å². The van der Waals surface area contributed by atoms with Gasteiger partial charge in [-0.05, 0) is 29.3 Å². The third-order valence-electron chi connectivity index (χ3n) is 2.89. The predicted molar refractivity (Wildman–Crippen MR) is 73.2 cm³/mol. The number of pyridine rings is 1. The molecule has 4 heteroatoms. The molecule has 1 heterocycles. The molecule has 0 atom stereocenters. The average molecular weight is 244 g/mol. The first-order valence-electron chi connectivity index (χ1n) is 5.68. The van der Waals surface area contributed by atoms with Gasteiger partial charge < -0.3 is 14.6 Å². The molecule has 2 aromatic rings. The molecule has 0 amide bonds. The van der Waals surface area contributed by atoms with E-state index in [0.29, 0.717) is 0 Å². The van der Waals surface area contributed by atoms with E-state index in [1.807, 2.05) is 37.5 Å². The summed E-state index contributed by atoms with van der Waals surface area (Å²) < 4.78 is 6.88. The van der Waals surface area contributed by atoms with Crippen molar-refractivity contribution in [2.45, 2.75) is 0 Å². The van der Waals surface area contributed by atoms with Crippen LogP contribution in [0.4, 0.5) is 5.69 Å². The van der Waals surface area contributed by atoms with E-state index in [-0.39, 0.29) is 5.56 Å². The Morgan fingerprint density at radius 2 is 1.89 bits per heavy atom. The minimum Gasteiger partial charge on any atom is -0.495 e. The number of ether oxygens (including phenoxy) is 1. The molecule has 0 unspecified atom stereocenters. The standard InChI is InChI=1S/C14H16N2O2/c1-15-12-6-4-10(8-13(12)18-3)11-5-7-14(17)16(2)9-11/h4-9,15H,1-3H3. The van der Waals surface area contributed by atoms with Crippen LogP contribution in [0.3, 0.4) is 0 Å². The van der Waals surface area contributed by atoms with Crippen LogP contribution in [0.1, 0.15) is 0 Å². The van der Waals surface area contributed by atoms with Gasteiger partial charge in [0.1, 0.15) is 5.75 Å². The SMILES string of the molecule is CNc1ccc(-c2ccc(=O)n(C)c2)cc1OC. The third-order valence-corrected chi connectivity index (χ3v) is 2.89. The van der Waals surface area contributed by atoms with E-state index in [9.17, 15) is 4.79 Å². The first kappa shape index (κ1) is 12.2. The first-order valence-corrected chi connectivity index (χ1v) is 5.68. The Labute approximate surface area is 106 Å². The van der Waals surface area contributed by atoms with Crippen molar-refractivity contribution in [2.24, 2.45) is 7.05 Å². The number of nitrogens with zero attached hydrogens (tertiary/aromatic N) is 1. The lowest BCUT2D eigenvalue weighted by Gasteiger charge is -2.10.